The minimum absolute atomic E-state index is 0.623. The first kappa shape index (κ1) is 26.4. The van der Waals surface area contributed by atoms with E-state index in [-0.39, 0.29) is 0 Å². The third-order valence-corrected chi connectivity index (χ3v) is 6.68. The number of hydrogen-bond acceptors (Lipinski definition) is 2. The van der Waals surface area contributed by atoms with Gasteiger partial charge in [-0.25, -0.2) is 0 Å². The molecule has 0 saturated heterocycles. The zero-order valence-electron chi connectivity index (χ0n) is 20.5. The van der Waals surface area contributed by atoms with Gasteiger partial charge < -0.3 is 9.80 Å². The van der Waals surface area contributed by atoms with Crippen LogP contribution in [0.1, 0.15) is 142 Å². The Balaban J connectivity index is 1.96. The highest BCUT2D eigenvalue weighted by Gasteiger charge is 2.22. The Kier molecular flexibility index (Phi) is 17.6. The maximum Gasteiger partial charge on any atom is 0.100 e. The van der Waals surface area contributed by atoms with Gasteiger partial charge in [0, 0.05) is 26.0 Å². The summed E-state index contributed by atoms with van der Waals surface area (Å²) in [6.07, 6.45) is 33.7. The molecule has 0 saturated carbocycles. The highest BCUT2D eigenvalue weighted by atomic mass is 15.4. The highest BCUT2D eigenvalue weighted by molar-refractivity contribution is 4.95. The molecule has 1 aliphatic heterocycles. The van der Waals surface area contributed by atoms with Crippen LogP contribution >= 0.6 is 0 Å². The number of unbranched alkanes of at least 4 members (excludes halogenated alkanes) is 17. The van der Waals surface area contributed by atoms with Crippen molar-refractivity contribution in [3.63, 3.8) is 0 Å². The first-order valence-electron chi connectivity index (χ1n) is 13.5. The van der Waals surface area contributed by atoms with Crippen LogP contribution in [0.4, 0.5) is 0 Å². The van der Waals surface area contributed by atoms with Crippen LogP contribution in [-0.2, 0) is 0 Å². The topological polar surface area (TPSA) is 6.48 Å². The molecule has 0 radical (unpaired) electrons. The van der Waals surface area contributed by atoms with Gasteiger partial charge >= 0.3 is 0 Å². The standard InChI is InChI=1S/C27H54N2/c1-4-6-8-10-12-14-15-16-17-19-21-23-27-28(3)25-26-29(27)24-22-20-18-13-11-9-7-5-2/h25-27H,4-24H2,1-3H3. The Morgan fingerprint density at radius 1 is 0.517 bits per heavy atom. The summed E-state index contributed by atoms with van der Waals surface area (Å²) in [6.45, 7) is 5.85. The van der Waals surface area contributed by atoms with E-state index in [4.69, 9.17) is 0 Å². The molecule has 1 heterocycles. The molecule has 0 aromatic rings. The molecule has 0 bridgehead atoms. The van der Waals surface area contributed by atoms with E-state index < -0.39 is 0 Å². The molecule has 29 heavy (non-hydrogen) atoms. The smallest absolute Gasteiger partial charge is 0.100 e. The van der Waals surface area contributed by atoms with Crippen LogP contribution in [0, 0.1) is 0 Å². The third kappa shape index (κ3) is 14.1. The molecule has 172 valence electrons. The highest BCUT2D eigenvalue weighted by Crippen LogP contribution is 2.21. The Morgan fingerprint density at radius 2 is 0.931 bits per heavy atom. The molecule has 0 aromatic heterocycles. The fourth-order valence-corrected chi connectivity index (χ4v) is 4.64. The van der Waals surface area contributed by atoms with Crippen molar-refractivity contribution in [2.24, 2.45) is 0 Å². The Hall–Kier alpha value is -0.660. The van der Waals surface area contributed by atoms with E-state index >= 15 is 0 Å². The number of hydrogen-bond donors (Lipinski definition) is 0. The summed E-state index contributed by atoms with van der Waals surface area (Å²) in [5.41, 5.74) is 0. The van der Waals surface area contributed by atoms with Gasteiger partial charge in [-0.2, -0.15) is 0 Å². The Morgan fingerprint density at radius 3 is 1.41 bits per heavy atom. The van der Waals surface area contributed by atoms with Gasteiger partial charge in [0.25, 0.3) is 0 Å². The third-order valence-electron chi connectivity index (χ3n) is 6.68. The van der Waals surface area contributed by atoms with E-state index in [9.17, 15) is 0 Å². The van der Waals surface area contributed by atoms with Crippen molar-refractivity contribution in [1.82, 2.24) is 9.80 Å². The number of rotatable bonds is 21. The molecule has 0 amide bonds. The fourth-order valence-electron chi connectivity index (χ4n) is 4.64. The predicted molar refractivity (Wildman–Crippen MR) is 131 cm³/mol. The van der Waals surface area contributed by atoms with Crippen LogP contribution in [0.25, 0.3) is 0 Å². The van der Waals surface area contributed by atoms with Crippen LogP contribution in [0.15, 0.2) is 12.4 Å². The average molecular weight is 407 g/mol. The largest absolute Gasteiger partial charge is 0.359 e. The molecule has 0 aromatic carbocycles. The Labute approximate surface area is 184 Å². The van der Waals surface area contributed by atoms with Crippen molar-refractivity contribution >= 4 is 0 Å². The van der Waals surface area contributed by atoms with Crippen LogP contribution in [0.5, 0.6) is 0 Å². The van der Waals surface area contributed by atoms with E-state index in [2.05, 4.69) is 43.1 Å². The summed E-state index contributed by atoms with van der Waals surface area (Å²) in [4.78, 5) is 5.04. The van der Waals surface area contributed by atoms with Gasteiger partial charge in [-0.15, -0.1) is 0 Å². The molecule has 2 nitrogen and oxygen atoms in total. The lowest BCUT2D eigenvalue weighted by atomic mass is 10.0. The second kappa shape index (κ2) is 19.3. The summed E-state index contributed by atoms with van der Waals surface area (Å²) in [7, 11) is 2.26. The van der Waals surface area contributed by atoms with E-state index in [0.717, 1.165) is 0 Å². The van der Waals surface area contributed by atoms with E-state index in [1.54, 1.807) is 0 Å². The van der Waals surface area contributed by atoms with E-state index in [0.29, 0.717) is 6.17 Å². The maximum absolute atomic E-state index is 2.60. The predicted octanol–water partition coefficient (Wildman–Crippen LogP) is 8.87. The average Bonchev–Trinajstić information content (AvgIpc) is 3.07. The summed E-state index contributed by atoms with van der Waals surface area (Å²) < 4.78 is 0. The molecule has 0 fully saturated rings. The van der Waals surface area contributed by atoms with Crippen molar-refractivity contribution in [3.8, 4) is 0 Å². The van der Waals surface area contributed by atoms with Crippen LogP contribution in [0.2, 0.25) is 0 Å². The SMILES string of the molecule is CCCCCCCCCCCCCC1N(C)C=CN1CCCCCCCCCC. The van der Waals surface area contributed by atoms with Crippen molar-refractivity contribution in [1.29, 1.82) is 0 Å². The molecule has 1 atom stereocenters. The van der Waals surface area contributed by atoms with E-state index in [1.807, 2.05) is 0 Å². The van der Waals surface area contributed by atoms with Gasteiger partial charge in [0.05, 0.1) is 0 Å². The summed E-state index contributed by atoms with van der Waals surface area (Å²) >= 11 is 0. The van der Waals surface area contributed by atoms with Crippen LogP contribution < -0.4 is 0 Å². The maximum atomic E-state index is 2.60. The fraction of sp³-hybridized carbons (Fsp3) is 0.926. The minimum Gasteiger partial charge on any atom is -0.359 e. The van der Waals surface area contributed by atoms with Gasteiger partial charge in [0.15, 0.2) is 0 Å². The first-order chi connectivity index (χ1) is 14.3. The Bertz CT molecular complexity index is 366. The van der Waals surface area contributed by atoms with Crippen molar-refractivity contribution in [2.75, 3.05) is 13.6 Å². The normalized spacial score (nSPS) is 16.3. The van der Waals surface area contributed by atoms with Gasteiger partial charge in [-0.3, -0.25) is 0 Å². The lowest BCUT2D eigenvalue weighted by molar-refractivity contribution is 0.159. The van der Waals surface area contributed by atoms with Crippen molar-refractivity contribution < 1.29 is 0 Å². The summed E-state index contributed by atoms with van der Waals surface area (Å²) in [6, 6.07) is 0. The molecule has 1 aliphatic rings. The van der Waals surface area contributed by atoms with Crippen molar-refractivity contribution in [3.05, 3.63) is 12.4 Å². The van der Waals surface area contributed by atoms with Crippen LogP contribution in [-0.4, -0.2) is 29.6 Å². The van der Waals surface area contributed by atoms with Gasteiger partial charge in [-0.05, 0) is 19.3 Å². The molecule has 0 N–H and O–H groups in total. The number of nitrogens with zero attached hydrogens (tertiary/aromatic N) is 2. The second-order valence-electron chi connectivity index (χ2n) is 9.48. The lowest BCUT2D eigenvalue weighted by Crippen LogP contribution is -2.37. The molecule has 1 rings (SSSR count). The van der Waals surface area contributed by atoms with Crippen LogP contribution in [0.3, 0.4) is 0 Å². The van der Waals surface area contributed by atoms with Gasteiger partial charge in [-0.1, -0.05) is 123 Å². The minimum atomic E-state index is 0.623. The first-order valence-corrected chi connectivity index (χ1v) is 13.5. The zero-order valence-corrected chi connectivity index (χ0v) is 20.5. The van der Waals surface area contributed by atoms with E-state index in [1.165, 1.54) is 135 Å². The second-order valence-corrected chi connectivity index (χ2v) is 9.48. The molecular formula is C27H54N2. The zero-order chi connectivity index (χ0) is 21.0. The lowest BCUT2D eigenvalue weighted by Gasteiger charge is -2.30. The summed E-state index contributed by atoms with van der Waals surface area (Å²) in [5.74, 6) is 0. The molecule has 0 spiro atoms. The van der Waals surface area contributed by atoms with Gasteiger partial charge in [0.1, 0.15) is 6.17 Å². The monoisotopic (exact) mass is 406 g/mol. The van der Waals surface area contributed by atoms with Crippen molar-refractivity contribution in [2.45, 2.75) is 148 Å². The molecular weight excluding hydrogens is 352 g/mol. The molecule has 2 heteroatoms. The molecule has 1 unspecified atom stereocenters. The van der Waals surface area contributed by atoms with Gasteiger partial charge in [0.2, 0.25) is 0 Å². The molecule has 0 aliphatic carbocycles. The quantitative estimate of drug-likeness (QED) is 0.176. The summed E-state index contributed by atoms with van der Waals surface area (Å²) in [5, 5.41) is 0.